The number of hydrogen-bond acceptors (Lipinski definition) is 4. The topological polar surface area (TPSA) is 70.1 Å². The molecule has 1 heterocycles. The van der Waals surface area contributed by atoms with Crippen LogP contribution in [0.15, 0.2) is 91.0 Å². The molecule has 0 aromatic heterocycles. The van der Waals surface area contributed by atoms with Crippen molar-refractivity contribution in [3.8, 4) is 0 Å². The van der Waals surface area contributed by atoms with Crippen LogP contribution in [0.4, 0.5) is 11.4 Å². The summed E-state index contributed by atoms with van der Waals surface area (Å²) >= 11 is 0. The Bertz CT molecular complexity index is 1240. The summed E-state index contributed by atoms with van der Waals surface area (Å²) in [5.41, 5.74) is 5.01. The summed E-state index contributed by atoms with van der Waals surface area (Å²) in [5, 5.41) is 9.42. The maximum absolute atomic E-state index is 12.8. The van der Waals surface area contributed by atoms with Gasteiger partial charge in [0, 0.05) is 44.6 Å². The first-order chi connectivity index (χ1) is 18.5. The van der Waals surface area contributed by atoms with Crippen molar-refractivity contribution in [3.05, 3.63) is 108 Å². The Morgan fingerprint density at radius 2 is 1.74 bits per heavy atom. The van der Waals surface area contributed by atoms with Crippen LogP contribution in [-0.2, 0) is 27.3 Å². The van der Waals surface area contributed by atoms with E-state index in [4.69, 9.17) is 4.74 Å². The molecule has 0 spiro atoms. The highest BCUT2D eigenvalue weighted by molar-refractivity contribution is 6.03. The predicted molar refractivity (Wildman–Crippen MR) is 150 cm³/mol. The van der Waals surface area contributed by atoms with Gasteiger partial charge in [-0.05, 0) is 41.3 Å². The molecule has 0 radical (unpaired) electrons. The predicted octanol–water partition coefficient (Wildman–Crippen LogP) is 5.59. The highest BCUT2D eigenvalue weighted by Gasteiger charge is 2.25. The number of methoxy groups -OCH3 is 1. The summed E-state index contributed by atoms with van der Waals surface area (Å²) in [6, 6.07) is 25.8. The van der Waals surface area contributed by atoms with E-state index < -0.39 is 0 Å². The Morgan fingerprint density at radius 1 is 1.03 bits per heavy atom. The van der Waals surface area contributed by atoms with E-state index in [-0.39, 0.29) is 36.9 Å². The molecular weight excluding hydrogens is 476 g/mol. The van der Waals surface area contributed by atoms with E-state index in [2.05, 4.69) is 13.0 Å². The lowest BCUT2D eigenvalue weighted by Gasteiger charge is -2.30. The highest BCUT2D eigenvalue weighted by Crippen LogP contribution is 2.35. The Kier molecular flexibility index (Phi) is 9.46. The molecule has 38 heavy (non-hydrogen) atoms. The average Bonchev–Trinajstić information content (AvgIpc) is 2.94. The first-order valence-electron chi connectivity index (χ1n) is 13.1. The molecule has 1 N–H and O–H groups in total. The maximum atomic E-state index is 12.8. The first kappa shape index (κ1) is 27.3. The van der Waals surface area contributed by atoms with Crippen LogP contribution in [0.25, 0.3) is 0 Å². The number of anilines is 2. The van der Waals surface area contributed by atoms with Crippen LogP contribution in [0.3, 0.4) is 0 Å². The molecule has 2 atom stereocenters. The third-order valence-electron chi connectivity index (χ3n) is 6.97. The van der Waals surface area contributed by atoms with E-state index in [1.807, 2.05) is 84.9 Å². The number of aliphatic hydroxyl groups excluding tert-OH is 1. The van der Waals surface area contributed by atoms with Crippen LogP contribution in [-0.4, -0.2) is 42.1 Å². The number of aryl methyl sites for hydroxylation is 1. The van der Waals surface area contributed by atoms with Crippen LogP contribution in [0.2, 0.25) is 0 Å². The fourth-order valence-electron chi connectivity index (χ4n) is 5.01. The summed E-state index contributed by atoms with van der Waals surface area (Å²) in [6.45, 7) is 2.76. The van der Waals surface area contributed by atoms with E-state index in [0.29, 0.717) is 19.5 Å². The third kappa shape index (κ3) is 6.57. The van der Waals surface area contributed by atoms with Gasteiger partial charge in [0.05, 0.1) is 18.4 Å². The molecule has 3 aromatic carbocycles. The Labute approximate surface area is 225 Å². The van der Waals surface area contributed by atoms with Crippen LogP contribution >= 0.6 is 0 Å². The largest absolute Gasteiger partial charge is 0.395 e. The van der Waals surface area contributed by atoms with Gasteiger partial charge in [-0.3, -0.25) is 14.5 Å². The van der Waals surface area contributed by atoms with Gasteiger partial charge in [-0.2, -0.15) is 0 Å². The molecule has 198 valence electrons. The molecule has 6 nitrogen and oxygen atoms in total. The minimum absolute atomic E-state index is 0.0245. The second kappa shape index (κ2) is 13.2. The van der Waals surface area contributed by atoms with E-state index in [9.17, 15) is 14.7 Å². The normalized spacial score (nSPS) is 14.8. The molecule has 0 bridgehead atoms. The van der Waals surface area contributed by atoms with Gasteiger partial charge in [0.1, 0.15) is 0 Å². The van der Waals surface area contributed by atoms with Crippen molar-refractivity contribution in [2.75, 3.05) is 25.2 Å². The number of fused-ring (bicyclic) bond motifs is 1. The Morgan fingerprint density at radius 3 is 2.45 bits per heavy atom. The molecule has 0 saturated heterocycles. The van der Waals surface area contributed by atoms with Crippen molar-refractivity contribution < 1.29 is 19.4 Å². The lowest BCUT2D eigenvalue weighted by Crippen LogP contribution is -2.32. The fraction of sp³-hybridized carbons (Fsp3) is 0.312. The minimum atomic E-state index is -0.197. The summed E-state index contributed by atoms with van der Waals surface area (Å²) in [7, 11) is 1.68. The van der Waals surface area contributed by atoms with Gasteiger partial charge >= 0.3 is 0 Å². The SMILES string of the molecule is CO[C@H](c1ccc(N2C(=O)CCc3ccccc32)cc1)[C@H](C)/C=C/CC(=O)N(CCO)Cc1ccccc1. The molecule has 0 saturated carbocycles. The fourth-order valence-corrected chi connectivity index (χ4v) is 5.01. The lowest BCUT2D eigenvalue weighted by atomic mass is 9.95. The van der Waals surface area contributed by atoms with Crippen molar-refractivity contribution in [1.29, 1.82) is 0 Å². The number of carbonyl (C=O) groups is 2. The lowest BCUT2D eigenvalue weighted by molar-refractivity contribution is -0.131. The summed E-state index contributed by atoms with van der Waals surface area (Å²) < 4.78 is 5.82. The van der Waals surface area contributed by atoms with Gasteiger partial charge < -0.3 is 14.7 Å². The standard InChI is InChI=1S/C32H36N2O4/c1-24(9-8-14-30(36)33(21-22-35)23-25-10-4-3-5-11-25)32(38-2)27-15-18-28(19-16-27)34-29-13-7-6-12-26(29)17-20-31(34)37/h3-13,15-16,18-19,24,32,35H,14,17,20-23H2,1-2H3/b9-8+/t24-,32+/m1/s1. The number of ether oxygens (including phenoxy) is 1. The van der Waals surface area contributed by atoms with Crippen molar-refractivity contribution in [2.45, 2.75) is 38.8 Å². The van der Waals surface area contributed by atoms with Gasteiger partial charge in [-0.25, -0.2) is 0 Å². The van der Waals surface area contributed by atoms with Crippen molar-refractivity contribution in [3.63, 3.8) is 0 Å². The molecular formula is C32H36N2O4. The van der Waals surface area contributed by atoms with Gasteiger partial charge in [-0.15, -0.1) is 0 Å². The van der Waals surface area contributed by atoms with Gasteiger partial charge in [0.15, 0.2) is 0 Å². The zero-order valence-electron chi connectivity index (χ0n) is 22.1. The molecule has 0 fully saturated rings. The minimum Gasteiger partial charge on any atom is -0.395 e. The number of nitrogens with zero attached hydrogens (tertiary/aromatic N) is 2. The average molecular weight is 513 g/mol. The molecule has 2 amide bonds. The van der Waals surface area contributed by atoms with E-state index >= 15 is 0 Å². The number of benzene rings is 3. The summed E-state index contributed by atoms with van der Waals surface area (Å²) in [4.78, 5) is 29.1. The van der Waals surface area contributed by atoms with Crippen molar-refractivity contribution >= 4 is 23.2 Å². The second-order valence-corrected chi connectivity index (χ2v) is 9.62. The monoisotopic (exact) mass is 512 g/mol. The number of amides is 2. The van der Waals surface area contributed by atoms with Gasteiger partial charge in [0.2, 0.25) is 11.8 Å². The van der Waals surface area contributed by atoms with Gasteiger partial charge in [-0.1, -0.05) is 79.7 Å². The number of rotatable bonds is 11. The zero-order valence-corrected chi connectivity index (χ0v) is 22.1. The van der Waals surface area contributed by atoms with Crippen LogP contribution in [0.5, 0.6) is 0 Å². The van der Waals surface area contributed by atoms with Crippen molar-refractivity contribution in [1.82, 2.24) is 4.90 Å². The second-order valence-electron chi connectivity index (χ2n) is 9.62. The Hall–Kier alpha value is -3.74. The van der Waals surface area contributed by atoms with E-state index in [1.165, 1.54) is 5.56 Å². The zero-order chi connectivity index (χ0) is 26.9. The van der Waals surface area contributed by atoms with Crippen LogP contribution in [0, 0.1) is 5.92 Å². The van der Waals surface area contributed by atoms with Gasteiger partial charge in [0.25, 0.3) is 0 Å². The molecule has 3 aromatic rings. The quantitative estimate of drug-likeness (QED) is 0.340. The van der Waals surface area contributed by atoms with E-state index in [0.717, 1.165) is 28.9 Å². The maximum Gasteiger partial charge on any atom is 0.231 e. The number of para-hydroxylation sites is 1. The first-order valence-corrected chi connectivity index (χ1v) is 13.1. The smallest absolute Gasteiger partial charge is 0.231 e. The van der Waals surface area contributed by atoms with Crippen LogP contribution < -0.4 is 4.90 Å². The van der Waals surface area contributed by atoms with Crippen LogP contribution in [0.1, 0.15) is 42.6 Å². The van der Waals surface area contributed by atoms with Crippen molar-refractivity contribution in [2.24, 2.45) is 5.92 Å². The number of aliphatic hydroxyl groups is 1. The highest BCUT2D eigenvalue weighted by atomic mass is 16.5. The Balaban J connectivity index is 1.40. The number of hydrogen-bond donors (Lipinski definition) is 1. The third-order valence-corrected chi connectivity index (χ3v) is 6.97. The molecule has 4 rings (SSSR count). The summed E-state index contributed by atoms with van der Waals surface area (Å²) in [5.74, 6) is 0.0933. The summed E-state index contributed by atoms with van der Waals surface area (Å²) in [6.07, 6.45) is 5.21. The molecule has 1 aliphatic rings. The molecule has 0 aliphatic carbocycles. The number of carbonyl (C=O) groups excluding carboxylic acids is 2. The molecule has 0 unspecified atom stereocenters. The molecule has 6 heteroatoms. The van der Waals surface area contributed by atoms with E-state index in [1.54, 1.807) is 16.9 Å². The molecule has 1 aliphatic heterocycles.